The van der Waals surface area contributed by atoms with Gasteiger partial charge in [-0.1, -0.05) is 97.1 Å². The van der Waals surface area contributed by atoms with Crippen molar-refractivity contribution in [2.45, 2.75) is 0 Å². The first-order valence-electron chi connectivity index (χ1n) is 12.2. The smallest absolute Gasteiger partial charge is 0.269 e. The number of hydrogen-bond acceptors (Lipinski definition) is 3. The van der Waals surface area contributed by atoms with Crippen LogP contribution in [0.4, 0.5) is 11.4 Å². The van der Waals surface area contributed by atoms with Gasteiger partial charge in [-0.15, -0.1) is 0 Å². The lowest BCUT2D eigenvalue weighted by molar-refractivity contribution is -0.384. The molecule has 0 saturated heterocycles. The van der Waals surface area contributed by atoms with E-state index in [0.29, 0.717) is 11.0 Å². The normalized spacial score (nSPS) is 16.7. The van der Waals surface area contributed by atoms with Gasteiger partial charge in [-0.25, -0.2) is 0 Å². The van der Waals surface area contributed by atoms with Gasteiger partial charge in [0, 0.05) is 34.0 Å². The number of anilines is 1. The van der Waals surface area contributed by atoms with Gasteiger partial charge in [0.2, 0.25) is 7.29 Å². The largest absolute Gasteiger partial charge is 0.289 e. The third-order valence-corrected chi connectivity index (χ3v) is 9.79. The Bertz CT molecular complexity index is 1700. The molecule has 1 aliphatic rings. The molecule has 0 aliphatic carbocycles. The Morgan fingerprint density at radius 3 is 1.74 bits per heavy atom. The van der Waals surface area contributed by atoms with E-state index in [2.05, 4.69) is 12.1 Å². The summed E-state index contributed by atoms with van der Waals surface area (Å²) in [7, 11) is -3.50. The highest BCUT2D eigenvalue weighted by Crippen LogP contribution is 2.60. The van der Waals surface area contributed by atoms with Crippen molar-refractivity contribution in [1.29, 1.82) is 0 Å². The lowest BCUT2D eigenvalue weighted by Crippen LogP contribution is -2.37. The molecule has 0 fully saturated rings. The number of nitro groups is 1. The summed E-state index contributed by atoms with van der Waals surface area (Å²) in [5, 5.41) is 12.9. The molecular weight excluding hydrogens is 491 g/mol. The molecule has 38 heavy (non-hydrogen) atoms. The molecule has 0 saturated carbocycles. The van der Waals surface area contributed by atoms with Crippen LogP contribution in [0.2, 0.25) is 0 Å². The topological polar surface area (TPSA) is 63.5 Å². The third kappa shape index (κ3) is 3.85. The Morgan fingerprint density at radius 1 is 0.605 bits per heavy atom. The van der Waals surface area contributed by atoms with Gasteiger partial charge in [0.15, 0.2) is 0 Å². The summed E-state index contributed by atoms with van der Waals surface area (Å²) in [6, 6.07) is 43.6. The minimum Gasteiger partial charge on any atom is -0.289 e. The average molecular weight is 515 g/mol. The Balaban J connectivity index is 1.78. The van der Waals surface area contributed by atoms with Crippen molar-refractivity contribution >= 4 is 40.5 Å². The van der Waals surface area contributed by atoms with E-state index in [4.69, 9.17) is 0 Å². The van der Waals surface area contributed by atoms with Crippen LogP contribution in [0.15, 0.2) is 140 Å². The van der Waals surface area contributed by atoms with Crippen LogP contribution in [0.1, 0.15) is 16.7 Å². The van der Waals surface area contributed by atoms with E-state index >= 15 is 4.57 Å². The first-order chi connectivity index (χ1) is 18.6. The first-order valence-corrected chi connectivity index (χ1v) is 13.9. The zero-order valence-electron chi connectivity index (χ0n) is 20.3. The average Bonchev–Trinajstić information content (AvgIpc) is 2.98. The highest BCUT2D eigenvalue weighted by molar-refractivity contribution is 7.80. The number of nitro benzene ring substituents is 1. The maximum atomic E-state index is 15.7. The molecule has 1 unspecified atom stereocenters. The molecule has 5 nitrogen and oxygen atoms in total. The van der Waals surface area contributed by atoms with Gasteiger partial charge in [0.1, 0.15) is 0 Å². The molecule has 0 aromatic heterocycles. The molecule has 0 radical (unpaired) electrons. The Hall–Kier alpha value is -4.73. The highest BCUT2D eigenvalue weighted by Gasteiger charge is 2.44. The van der Waals surface area contributed by atoms with Gasteiger partial charge in [0.25, 0.3) is 5.69 Å². The second-order valence-corrected chi connectivity index (χ2v) is 11.5. The third-order valence-electron chi connectivity index (χ3n) is 6.75. The summed E-state index contributed by atoms with van der Waals surface area (Å²) in [5.74, 6) is 0. The molecule has 1 heterocycles. The van der Waals surface area contributed by atoms with Crippen molar-refractivity contribution in [3.8, 4) is 0 Å². The van der Waals surface area contributed by atoms with Crippen LogP contribution < -0.4 is 15.3 Å². The quantitative estimate of drug-likeness (QED) is 0.141. The van der Waals surface area contributed by atoms with E-state index in [1.54, 1.807) is 12.1 Å². The second kappa shape index (κ2) is 9.62. The standard InChI is InChI=1S/C32H23N2O3P/c35-34(36)27-22-20-26(21-23-27)33-32(25-14-6-2-7-15-25)31(24-12-4-1-5-13-24)29-18-10-11-19-30(29)38(33,37)28-16-8-3-9-17-28/h1-23H. The van der Waals surface area contributed by atoms with Gasteiger partial charge < -0.3 is 0 Å². The number of hydrogen-bond donors (Lipinski definition) is 0. The van der Waals surface area contributed by atoms with Crippen LogP contribution in [0, 0.1) is 10.1 Å². The molecule has 0 spiro atoms. The fraction of sp³-hybridized carbons (Fsp3) is 0. The molecule has 6 rings (SSSR count). The van der Waals surface area contributed by atoms with Crippen LogP contribution in [0.5, 0.6) is 0 Å². The molecule has 1 aliphatic heterocycles. The van der Waals surface area contributed by atoms with Crippen LogP contribution in [0.3, 0.4) is 0 Å². The van der Waals surface area contributed by atoms with Crippen LogP contribution in [0.25, 0.3) is 11.3 Å². The van der Waals surface area contributed by atoms with E-state index in [1.165, 1.54) is 12.1 Å². The summed E-state index contributed by atoms with van der Waals surface area (Å²) in [6.07, 6.45) is 0. The van der Waals surface area contributed by atoms with Crippen molar-refractivity contribution < 1.29 is 9.49 Å². The number of fused-ring (bicyclic) bond motifs is 1. The van der Waals surface area contributed by atoms with Crippen molar-refractivity contribution in [1.82, 2.24) is 0 Å². The molecule has 0 bridgehead atoms. The number of non-ortho nitro benzene ring substituents is 1. The molecular formula is C32H23N2O3P. The summed E-state index contributed by atoms with van der Waals surface area (Å²) < 4.78 is 17.6. The van der Waals surface area contributed by atoms with Gasteiger partial charge >= 0.3 is 0 Å². The Kier molecular flexibility index (Phi) is 5.99. The summed E-state index contributed by atoms with van der Waals surface area (Å²) in [5.41, 5.74) is 5.13. The molecule has 184 valence electrons. The van der Waals surface area contributed by atoms with Crippen molar-refractivity contribution in [3.05, 3.63) is 166 Å². The Labute approximate surface area is 220 Å². The molecule has 5 aromatic rings. The van der Waals surface area contributed by atoms with E-state index in [0.717, 1.165) is 33.3 Å². The lowest BCUT2D eigenvalue weighted by Gasteiger charge is -2.42. The van der Waals surface area contributed by atoms with E-state index in [-0.39, 0.29) is 5.69 Å². The maximum absolute atomic E-state index is 15.7. The van der Waals surface area contributed by atoms with Gasteiger partial charge in [-0.05, 0) is 47.0 Å². The molecule has 1 atom stereocenters. The van der Waals surface area contributed by atoms with Crippen molar-refractivity contribution in [3.63, 3.8) is 0 Å². The fourth-order valence-corrected chi connectivity index (χ4v) is 8.14. The fourth-order valence-electron chi connectivity index (χ4n) is 5.08. The predicted octanol–water partition coefficient (Wildman–Crippen LogP) is 7.26. The van der Waals surface area contributed by atoms with Crippen LogP contribution in [-0.2, 0) is 4.57 Å². The zero-order chi connectivity index (χ0) is 26.1. The monoisotopic (exact) mass is 514 g/mol. The predicted molar refractivity (Wildman–Crippen MR) is 154 cm³/mol. The van der Waals surface area contributed by atoms with Crippen LogP contribution >= 0.6 is 7.29 Å². The number of nitrogens with zero attached hydrogens (tertiary/aromatic N) is 2. The maximum Gasteiger partial charge on any atom is 0.269 e. The van der Waals surface area contributed by atoms with E-state index in [1.807, 2.05) is 108 Å². The summed E-state index contributed by atoms with van der Waals surface area (Å²) in [6.45, 7) is 0. The molecule has 5 aromatic carbocycles. The van der Waals surface area contributed by atoms with Gasteiger partial charge in [-0.3, -0.25) is 19.3 Å². The van der Waals surface area contributed by atoms with E-state index in [9.17, 15) is 10.1 Å². The number of rotatable bonds is 5. The van der Waals surface area contributed by atoms with E-state index < -0.39 is 12.2 Å². The summed E-state index contributed by atoms with van der Waals surface area (Å²) >= 11 is 0. The van der Waals surface area contributed by atoms with Gasteiger partial charge in [0.05, 0.1) is 10.6 Å². The van der Waals surface area contributed by atoms with Crippen molar-refractivity contribution in [2.24, 2.45) is 0 Å². The minimum absolute atomic E-state index is 0.0192. The molecule has 6 heteroatoms. The minimum atomic E-state index is -3.50. The SMILES string of the molecule is O=[N+]([O-])c1ccc(N2C(c3ccccc3)=C(c3ccccc3)c3ccccc3P2(=O)c2ccccc2)cc1. The van der Waals surface area contributed by atoms with Gasteiger partial charge in [-0.2, -0.15) is 0 Å². The summed E-state index contributed by atoms with van der Waals surface area (Å²) in [4.78, 5) is 11.0. The molecule has 0 N–H and O–H groups in total. The number of benzene rings is 5. The first kappa shape index (κ1) is 23.7. The lowest BCUT2D eigenvalue weighted by atomic mass is 9.92. The highest BCUT2D eigenvalue weighted by atomic mass is 31.2. The van der Waals surface area contributed by atoms with Crippen molar-refractivity contribution in [2.75, 3.05) is 4.67 Å². The molecule has 0 amide bonds. The zero-order valence-corrected chi connectivity index (χ0v) is 21.2. The van der Waals surface area contributed by atoms with Crippen LogP contribution in [-0.4, -0.2) is 4.92 Å². The second-order valence-electron chi connectivity index (χ2n) is 8.97. The Morgan fingerprint density at radius 2 is 1.13 bits per heavy atom.